The molecule has 0 bridgehead atoms. The maximum absolute atomic E-state index is 11.9. The summed E-state index contributed by atoms with van der Waals surface area (Å²) in [5.41, 5.74) is 5.49. The van der Waals surface area contributed by atoms with Crippen molar-refractivity contribution in [1.82, 2.24) is 25.1 Å². The summed E-state index contributed by atoms with van der Waals surface area (Å²) in [4.78, 5) is 18.7. The molecule has 6 heteroatoms. The van der Waals surface area contributed by atoms with Gasteiger partial charge in [0.05, 0.1) is 12.0 Å². The van der Waals surface area contributed by atoms with Crippen LogP contribution in [0, 0.1) is 0 Å². The van der Waals surface area contributed by atoms with Crippen molar-refractivity contribution in [3.63, 3.8) is 0 Å². The van der Waals surface area contributed by atoms with E-state index in [1.54, 1.807) is 4.68 Å². The third-order valence-corrected chi connectivity index (χ3v) is 4.47. The number of nitrogens with zero attached hydrogens (tertiary/aromatic N) is 3. The Bertz CT molecular complexity index is 924. The Hall–Kier alpha value is -2.47. The summed E-state index contributed by atoms with van der Waals surface area (Å²) in [5, 5.41) is 7.66. The Balaban J connectivity index is 1.92. The van der Waals surface area contributed by atoms with Crippen LogP contribution in [-0.2, 0) is 13.5 Å². The van der Waals surface area contributed by atoms with E-state index in [-0.39, 0.29) is 5.56 Å². The molecule has 2 heterocycles. The molecule has 4 rings (SSSR count). The van der Waals surface area contributed by atoms with Gasteiger partial charge in [-0.25, -0.2) is 4.98 Å². The molecule has 22 heavy (non-hydrogen) atoms. The van der Waals surface area contributed by atoms with Crippen LogP contribution in [-0.4, -0.2) is 26.8 Å². The van der Waals surface area contributed by atoms with Crippen LogP contribution in [0.15, 0.2) is 29.3 Å². The highest BCUT2D eigenvalue weighted by Crippen LogP contribution is 2.35. The lowest BCUT2D eigenvalue weighted by molar-refractivity contribution is 0.590. The van der Waals surface area contributed by atoms with E-state index < -0.39 is 0 Å². The Morgan fingerprint density at radius 1 is 1.36 bits per heavy atom. The van der Waals surface area contributed by atoms with Crippen molar-refractivity contribution in [2.24, 2.45) is 7.05 Å². The maximum Gasteiger partial charge on any atom is 0.279 e. The molecule has 0 fully saturated rings. The lowest BCUT2D eigenvalue weighted by Crippen LogP contribution is -2.12. The highest BCUT2D eigenvalue weighted by atomic mass is 16.1. The van der Waals surface area contributed by atoms with Crippen molar-refractivity contribution in [1.29, 1.82) is 0 Å². The molecule has 0 aliphatic heterocycles. The molecule has 1 aliphatic rings. The van der Waals surface area contributed by atoms with Crippen LogP contribution >= 0.6 is 0 Å². The number of aromatic nitrogens is 4. The van der Waals surface area contributed by atoms with Crippen molar-refractivity contribution in [3.8, 4) is 11.3 Å². The second kappa shape index (κ2) is 4.78. The molecule has 6 nitrogen and oxygen atoms in total. The lowest BCUT2D eigenvalue weighted by atomic mass is 10.0. The monoisotopic (exact) mass is 295 g/mol. The number of H-pyrrole nitrogens is 1. The molecule has 1 unspecified atom stereocenters. The zero-order valence-electron chi connectivity index (χ0n) is 12.6. The van der Waals surface area contributed by atoms with E-state index in [0.717, 1.165) is 24.1 Å². The number of aryl methyl sites for hydroxylation is 2. The molecular weight excluding hydrogens is 278 g/mol. The van der Waals surface area contributed by atoms with E-state index in [4.69, 9.17) is 0 Å². The second-order valence-corrected chi connectivity index (χ2v) is 5.69. The lowest BCUT2D eigenvalue weighted by Gasteiger charge is -2.11. The molecule has 0 radical (unpaired) electrons. The van der Waals surface area contributed by atoms with Gasteiger partial charge in [-0.3, -0.25) is 9.48 Å². The molecule has 0 amide bonds. The summed E-state index contributed by atoms with van der Waals surface area (Å²) in [6.45, 7) is 0. The molecule has 3 aromatic rings. The molecule has 0 spiro atoms. The highest BCUT2D eigenvalue weighted by molar-refractivity contribution is 5.89. The Morgan fingerprint density at radius 2 is 2.23 bits per heavy atom. The van der Waals surface area contributed by atoms with Gasteiger partial charge in [-0.15, -0.1) is 0 Å². The molecule has 2 aromatic heterocycles. The minimum absolute atomic E-state index is 0.205. The first kappa shape index (κ1) is 13.2. The van der Waals surface area contributed by atoms with E-state index in [1.807, 2.05) is 14.1 Å². The van der Waals surface area contributed by atoms with Crippen LogP contribution in [0.4, 0.5) is 0 Å². The minimum Gasteiger partial charge on any atom is -0.313 e. The maximum atomic E-state index is 11.9. The largest absolute Gasteiger partial charge is 0.313 e. The molecule has 1 atom stereocenters. The first-order valence-electron chi connectivity index (χ1n) is 7.40. The smallest absolute Gasteiger partial charge is 0.279 e. The van der Waals surface area contributed by atoms with Gasteiger partial charge >= 0.3 is 0 Å². The van der Waals surface area contributed by atoms with Crippen LogP contribution in [0.1, 0.15) is 23.6 Å². The predicted octanol–water partition coefficient (Wildman–Crippen LogP) is 1.53. The summed E-state index contributed by atoms with van der Waals surface area (Å²) >= 11 is 0. The number of fused-ring (bicyclic) bond motifs is 2. The summed E-state index contributed by atoms with van der Waals surface area (Å²) in [7, 11) is 3.85. The molecule has 2 N–H and O–H groups in total. The number of benzene rings is 1. The van der Waals surface area contributed by atoms with Gasteiger partial charge in [0.1, 0.15) is 5.52 Å². The minimum atomic E-state index is -0.205. The van der Waals surface area contributed by atoms with Crippen LogP contribution in [0.25, 0.3) is 22.3 Å². The van der Waals surface area contributed by atoms with Gasteiger partial charge in [0.25, 0.3) is 5.56 Å². The highest BCUT2D eigenvalue weighted by Gasteiger charge is 2.22. The summed E-state index contributed by atoms with van der Waals surface area (Å²) in [6, 6.07) is 6.90. The fourth-order valence-electron chi connectivity index (χ4n) is 3.40. The number of nitrogens with one attached hydrogen (secondary N) is 2. The fourth-order valence-corrected chi connectivity index (χ4v) is 3.40. The first-order chi connectivity index (χ1) is 10.7. The van der Waals surface area contributed by atoms with Gasteiger partial charge in [0, 0.05) is 18.7 Å². The Labute approximate surface area is 127 Å². The summed E-state index contributed by atoms with van der Waals surface area (Å²) in [6.07, 6.45) is 3.62. The number of aromatic amines is 1. The van der Waals surface area contributed by atoms with Crippen LogP contribution in [0.2, 0.25) is 0 Å². The molecule has 0 saturated carbocycles. The van der Waals surface area contributed by atoms with Crippen molar-refractivity contribution in [2.45, 2.75) is 18.9 Å². The van der Waals surface area contributed by atoms with Crippen molar-refractivity contribution in [3.05, 3.63) is 46.0 Å². The zero-order valence-corrected chi connectivity index (χ0v) is 12.6. The van der Waals surface area contributed by atoms with E-state index in [2.05, 4.69) is 38.6 Å². The molecule has 0 saturated heterocycles. The van der Waals surface area contributed by atoms with Gasteiger partial charge in [-0.05, 0) is 37.1 Å². The molecule has 1 aliphatic carbocycles. The number of rotatable bonds is 2. The molecule has 112 valence electrons. The quantitative estimate of drug-likeness (QED) is 0.752. The third kappa shape index (κ3) is 1.80. The van der Waals surface area contributed by atoms with Crippen molar-refractivity contribution >= 4 is 11.0 Å². The van der Waals surface area contributed by atoms with E-state index in [0.29, 0.717) is 17.1 Å². The average Bonchev–Trinajstić information content (AvgIpc) is 3.07. The van der Waals surface area contributed by atoms with Gasteiger partial charge in [-0.1, -0.05) is 12.1 Å². The van der Waals surface area contributed by atoms with Crippen LogP contribution in [0.5, 0.6) is 0 Å². The van der Waals surface area contributed by atoms with Gasteiger partial charge in [-0.2, -0.15) is 5.10 Å². The standard InChI is InChI=1S/C16H17N5O/c1-17-12-6-4-9-7-10(3-5-11(9)12)15-13-14(20-21(15)2)16(22)19-8-18-13/h3,5,7-8,12,17H,4,6H2,1-2H3,(H,18,19,22). The van der Waals surface area contributed by atoms with Gasteiger partial charge < -0.3 is 10.3 Å². The second-order valence-electron chi connectivity index (χ2n) is 5.69. The molecule has 1 aromatic carbocycles. The van der Waals surface area contributed by atoms with Crippen molar-refractivity contribution in [2.75, 3.05) is 7.05 Å². The number of hydrogen-bond acceptors (Lipinski definition) is 4. The van der Waals surface area contributed by atoms with Crippen LogP contribution < -0.4 is 10.9 Å². The third-order valence-electron chi connectivity index (χ3n) is 4.47. The molecular formula is C16H17N5O. The Kier molecular flexibility index (Phi) is 2.87. The normalized spacial score (nSPS) is 17.1. The van der Waals surface area contributed by atoms with Crippen molar-refractivity contribution < 1.29 is 0 Å². The number of hydrogen-bond donors (Lipinski definition) is 2. The Morgan fingerprint density at radius 3 is 3.05 bits per heavy atom. The summed E-state index contributed by atoms with van der Waals surface area (Å²) < 4.78 is 1.74. The van der Waals surface area contributed by atoms with Gasteiger partial charge in [0.15, 0.2) is 5.52 Å². The predicted molar refractivity (Wildman–Crippen MR) is 84.7 cm³/mol. The first-order valence-corrected chi connectivity index (χ1v) is 7.40. The van der Waals surface area contributed by atoms with E-state index in [9.17, 15) is 4.79 Å². The van der Waals surface area contributed by atoms with Crippen LogP contribution in [0.3, 0.4) is 0 Å². The average molecular weight is 295 g/mol. The topological polar surface area (TPSA) is 75.6 Å². The zero-order chi connectivity index (χ0) is 15.3. The van der Waals surface area contributed by atoms with E-state index >= 15 is 0 Å². The SMILES string of the molecule is CNC1CCc2cc(-c3c4nc[nH]c(=O)c4nn3C)ccc21. The fraction of sp³-hybridized carbons (Fsp3) is 0.312. The van der Waals surface area contributed by atoms with Gasteiger partial charge in [0.2, 0.25) is 0 Å². The summed E-state index contributed by atoms with van der Waals surface area (Å²) in [5.74, 6) is 0. The van der Waals surface area contributed by atoms with E-state index in [1.165, 1.54) is 17.5 Å².